The van der Waals surface area contributed by atoms with Crippen molar-refractivity contribution < 1.29 is 0 Å². The Morgan fingerprint density at radius 2 is 2.29 bits per heavy atom. The predicted octanol–water partition coefficient (Wildman–Crippen LogP) is 2.79. The van der Waals surface area contributed by atoms with E-state index in [1.54, 1.807) is 0 Å². The molecule has 0 amide bonds. The molecule has 1 N–H and O–H groups in total. The molecule has 0 aromatic carbocycles. The lowest BCUT2D eigenvalue weighted by Crippen LogP contribution is -2.29. The molecule has 2 rings (SSSR count). The molecular weight excluding hydrogens is 210 g/mol. The Morgan fingerprint density at radius 3 is 2.94 bits per heavy atom. The Labute approximate surface area is 105 Å². The summed E-state index contributed by atoms with van der Waals surface area (Å²) in [6.45, 7) is 8.00. The smallest absolute Gasteiger partial charge is 0.0948 e. The van der Waals surface area contributed by atoms with Crippen molar-refractivity contribution in [2.45, 2.75) is 52.0 Å². The van der Waals surface area contributed by atoms with Crippen LogP contribution >= 0.6 is 0 Å². The average Bonchev–Trinajstić information content (AvgIpc) is 2.85. The van der Waals surface area contributed by atoms with Crippen molar-refractivity contribution in [3.63, 3.8) is 0 Å². The van der Waals surface area contributed by atoms with Gasteiger partial charge in [-0.3, -0.25) is 0 Å². The van der Waals surface area contributed by atoms with Gasteiger partial charge < -0.3 is 9.88 Å². The molecule has 1 fully saturated rings. The summed E-state index contributed by atoms with van der Waals surface area (Å²) in [6.07, 6.45) is 9.21. The molecule has 0 saturated carbocycles. The van der Waals surface area contributed by atoms with Crippen molar-refractivity contribution in [1.29, 1.82) is 0 Å². The molecule has 0 spiro atoms. The van der Waals surface area contributed by atoms with Gasteiger partial charge in [0.05, 0.1) is 6.33 Å². The number of nitrogens with one attached hydrogen (secondary N) is 1. The van der Waals surface area contributed by atoms with Gasteiger partial charge in [-0.25, -0.2) is 4.98 Å². The van der Waals surface area contributed by atoms with E-state index in [0.717, 1.165) is 19.0 Å². The van der Waals surface area contributed by atoms with Gasteiger partial charge in [0.1, 0.15) is 0 Å². The van der Waals surface area contributed by atoms with Crippen molar-refractivity contribution in [2.24, 2.45) is 5.92 Å². The quantitative estimate of drug-likeness (QED) is 0.850. The molecule has 0 radical (unpaired) electrons. The maximum absolute atomic E-state index is 4.35. The van der Waals surface area contributed by atoms with Gasteiger partial charge in [0.25, 0.3) is 0 Å². The normalized spacial score (nSPS) is 21.0. The Morgan fingerprint density at radius 1 is 1.47 bits per heavy atom. The van der Waals surface area contributed by atoms with Gasteiger partial charge in [-0.2, -0.15) is 0 Å². The van der Waals surface area contributed by atoms with Gasteiger partial charge in [-0.15, -0.1) is 0 Å². The molecule has 0 aliphatic carbocycles. The molecule has 3 nitrogen and oxygen atoms in total. The van der Waals surface area contributed by atoms with E-state index in [9.17, 15) is 0 Å². The highest BCUT2D eigenvalue weighted by Gasteiger charge is 2.19. The molecule has 1 saturated heterocycles. The summed E-state index contributed by atoms with van der Waals surface area (Å²) >= 11 is 0. The molecule has 1 atom stereocenters. The molecule has 1 aliphatic heterocycles. The van der Waals surface area contributed by atoms with Gasteiger partial charge in [0.2, 0.25) is 0 Å². The van der Waals surface area contributed by atoms with E-state index in [1.807, 2.05) is 6.33 Å². The van der Waals surface area contributed by atoms with Crippen LogP contribution in [0.5, 0.6) is 0 Å². The highest BCUT2D eigenvalue weighted by molar-refractivity contribution is 5.08. The average molecular weight is 235 g/mol. The number of nitrogens with zero attached hydrogens (tertiary/aromatic N) is 2. The van der Waals surface area contributed by atoms with Crippen LogP contribution in [0, 0.1) is 5.92 Å². The molecule has 2 heterocycles. The van der Waals surface area contributed by atoms with Gasteiger partial charge in [0, 0.05) is 30.9 Å². The van der Waals surface area contributed by atoms with Crippen LogP contribution in [0.4, 0.5) is 0 Å². The Hall–Kier alpha value is -0.830. The Bertz CT molecular complexity index is 322. The largest absolute Gasteiger partial charge is 0.334 e. The highest BCUT2D eigenvalue weighted by Crippen LogP contribution is 2.24. The zero-order valence-electron chi connectivity index (χ0n) is 11.2. The van der Waals surface area contributed by atoms with Gasteiger partial charge in [-0.1, -0.05) is 26.7 Å². The molecule has 96 valence electrons. The molecule has 0 bridgehead atoms. The van der Waals surface area contributed by atoms with Crippen molar-refractivity contribution in [3.8, 4) is 0 Å². The van der Waals surface area contributed by atoms with E-state index in [0.29, 0.717) is 5.92 Å². The topological polar surface area (TPSA) is 29.9 Å². The monoisotopic (exact) mass is 235 g/mol. The maximum atomic E-state index is 4.35. The zero-order valence-corrected chi connectivity index (χ0v) is 11.2. The van der Waals surface area contributed by atoms with Crippen molar-refractivity contribution in [1.82, 2.24) is 14.9 Å². The van der Waals surface area contributed by atoms with Gasteiger partial charge >= 0.3 is 0 Å². The molecule has 1 aliphatic rings. The fourth-order valence-corrected chi connectivity index (χ4v) is 2.75. The van der Waals surface area contributed by atoms with Gasteiger partial charge in [-0.05, 0) is 25.3 Å². The van der Waals surface area contributed by atoms with Crippen LogP contribution in [0.25, 0.3) is 0 Å². The lowest BCUT2D eigenvalue weighted by atomic mass is 9.96. The lowest BCUT2D eigenvalue weighted by molar-refractivity contribution is 0.388. The maximum Gasteiger partial charge on any atom is 0.0948 e. The van der Waals surface area contributed by atoms with Crippen molar-refractivity contribution in [3.05, 3.63) is 18.2 Å². The number of aromatic nitrogens is 2. The summed E-state index contributed by atoms with van der Waals surface area (Å²) in [7, 11) is 0. The summed E-state index contributed by atoms with van der Waals surface area (Å²) in [5.41, 5.74) is 1.43. The third-order valence-corrected chi connectivity index (χ3v) is 4.07. The number of hydrogen-bond acceptors (Lipinski definition) is 2. The van der Waals surface area contributed by atoms with Crippen LogP contribution in [-0.4, -0.2) is 22.6 Å². The van der Waals surface area contributed by atoms with Crippen molar-refractivity contribution >= 4 is 0 Å². The zero-order chi connectivity index (χ0) is 12.1. The SMILES string of the molecule is CCC(CC)Cn1cncc1C1CCCNC1. The molecule has 1 unspecified atom stereocenters. The summed E-state index contributed by atoms with van der Waals surface area (Å²) in [6, 6.07) is 0. The van der Waals surface area contributed by atoms with Crippen LogP contribution in [0.2, 0.25) is 0 Å². The third-order valence-electron chi connectivity index (χ3n) is 4.07. The number of piperidine rings is 1. The predicted molar refractivity (Wildman–Crippen MR) is 71.1 cm³/mol. The molecule has 1 aromatic rings. The van der Waals surface area contributed by atoms with E-state index in [-0.39, 0.29) is 0 Å². The standard InChI is InChI=1S/C14H25N3/c1-3-12(4-2)10-17-11-16-9-14(17)13-6-5-7-15-8-13/h9,11-13,15H,3-8,10H2,1-2H3. The summed E-state index contributed by atoms with van der Waals surface area (Å²) in [5, 5.41) is 3.49. The first kappa shape index (κ1) is 12.6. The van der Waals surface area contributed by atoms with E-state index < -0.39 is 0 Å². The van der Waals surface area contributed by atoms with Gasteiger partial charge in [0.15, 0.2) is 0 Å². The lowest BCUT2D eigenvalue weighted by Gasteiger charge is -2.25. The molecule has 1 aromatic heterocycles. The molecule has 17 heavy (non-hydrogen) atoms. The second-order valence-electron chi connectivity index (χ2n) is 5.20. The summed E-state index contributed by atoms with van der Waals surface area (Å²) in [5.74, 6) is 1.46. The summed E-state index contributed by atoms with van der Waals surface area (Å²) in [4.78, 5) is 4.35. The first-order valence-electron chi connectivity index (χ1n) is 7.05. The van der Waals surface area contributed by atoms with Crippen LogP contribution in [0.15, 0.2) is 12.5 Å². The first-order chi connectivity index (χ1) is 8.35. The third kappa shape index (κ3) is 3.09. The number of rotatable bonds is 5. The second-order valence-corrected chi connectivity index (χ2v) is 5.20. The second kappa shape index (κ2) is 6.20. The van der Waals surface area contributed by atoms with Crippen LogP contribution in [0.1, 0.15) is 51.1 Å². The number of hydrogen-bond donors (Lipinski definition) is 1. The minimum Gasteiger partial charge on any atom is -0.334 e. The Kier molecular flexibility index (Phi) is 4.60. The highest BCUT2D eigenvalue weighted by atomic mass is 15.1. The summed E-state index contributed by atoms with van der Waals surface area (Å²) < 4.78 is 2.38. The van der Waals surface area contributed by atoms with E-state index in [1.165, 1.54) is 37.9 Å². The van der Waals surface area contributed by atoms with Crippen LogP contribution in [-0.2, 0) is 6.54 Å². The molecule has 3 heteroatoms. The van der Waals surface area contributed by atoms with E-state index in [4.69, 9.17) is 0 Å². The number of imidazole rings is 1. The minimum absolute atomic E-state index is 0.667. The van der Waals surface area contributed by atoms with Crippen LogP contribution < -0.4 is 5.32 Å². The fourth-order valence-electron chi connectivity index (χ4n) is 2.75. The fraction of sp³-hybridized carbons (Fsp3) is 0.786. The van der Waals surface area contributed by atoms with Crippen LogP contribution in [0.3, 0.4) is 0 Å². The first-order valence-corrected chi connectivity index (χ1v) is 7.05. The minimum atomic E-state index is 0.667. The molecular formula is C14H25N3. The van der Waals surface area contributed by atoms with E-state index in [2.05, 4.69) is 34.9 Å². The van der Waals surface area contributed by atoms with E-state index >= 15 is 0 Å². The van der Waals surface area contributed by atoms with Crippen molar-refractivity contribution in [2.75, 3.05) is 13.1 Å². The Balaban J connectivity index is 2.04.